The van der Waals surface area contributed by atoms with Crippen LogP contribution in [0.15, 0.2) is 53.6 Å². The molecule has 0 saturated heterocycles. The number of carbonyl (C=O) groups is 2. The molecule has 158 valence electrons. The molecule has 1 aliphatic rings. The zero-order valence-corrected chi connectivity index (χ0v) is 16.9. The number of sulfonamides is 1. The van der Waals surface area contributed by atoms with E-state index >= 15 is 0 Å². The molecule has 1 aliphatic heterocycles. The lowest BCUT2D eigenvalue weighted by Gasteiger charge is -2.22. The van der Waals surface area contributed by atoms with Gasteiger partial charge in [0.2, 0.25) is 15.9 Å². The molecule has 0 aliphatic carbocycles. The molecule has 1 amide bonds. The second-order valence-corrected chi connectivity index (χ2v) is 8.64. The number of phenols is 1. The van der Waals surface area contributed by atoms with Crippen molar-refractivity contribution in [3.63, 3.8) is 0 Å². The molecule has 1 heterocycles. The number of para-hydroxylation sites is 1. The molecule has 1 atom stereocenters. The molecular formula is C20H20N3O6S-. The summed E-state index contributed by atoms with van der Waals surface area (Å²) in [6.07, 6.45) is 0.565. The fourth-order valence-corrected chi connectivity index (χ4v) is 3.78. The number of carboxylic acid groups (broad SMARTS) is 1. The van der Waals surface area contributed by atoms with E-state index in [9.17, 15) is 28.2 Å². The highest BCUT2D eigenvalue weighted by molar-refractivity contribution is 7.92. The lowest BCUT2D eigenvalue weighted by atomic mass is 9.97. The molecule has 0 spiro atoms. The molecule has 2 aromatic carbocycles. The Morgan fingerprint density at radius 3 is 2.60 bits per heavy atom. The summed E-state index contributed by atoms with van der Waals surface area (Å²) in [6, 6.07) is 12.5. The predicted molar refractivity (Wildman–Crippen MR) is 108 cm³/mol. The third-order valence-corrected chi connectivity index (χ3v) is 5.11. The van der Waals surface area contributed by atoms with E-state index in [4.69, 9.17) is 0 Å². The van der Waals surface area contributed by atoms with Gasteiger partial charge in [0.05, 0.1) is 18.0 Å². The van der Waals surface area contributed by atoms with Crippen LogP contribution in [0.2, 0.25) is 0 Å². The highest BCUT2D eigenvalue weighted by atomic mass is 32.2. The number of carboxylic acids is 1. The molecule has 30 heavy (non-hydrogen) atoms. The Balaban J connectivity index is 1.95. The van der Waals surface area contributed by atoms with Gasteiger partial charge in [0.1, 0.15) is 5.75 Å². The number of phenolic OH excluding ortho intramolecular Hbond substituents is 1. The summed E-state index contributed by atoms with van der Waals surface area (Å²) in [4.78, 5) is 23.4. The minimum atomic E-state index is -3.47. The average Bonchev–Trinajstić information content (AvgIpc) is 3.10. The maximum atomic E-state index is 12.6. The van der Waals surface area contributed by atoms with Crippen molar-refractivity contribution in [3.05, 3.63) is 59.7 Å². The highest BCUT2D eigenvalue weighted by Crippen LogP contribution is 2.37. The first-order valence-corrected chi connectivity index (χ1v) is 11.0. The van der Waals surface area contributed by atoms with Crippen molar-refractivity contribution in [2.24, 2.45) is 5.10 Å². The first-order valence-electron chi connectivity index (χ1n) is 9.09. The number of hydrogen-bond acceptors (Lipinski definition) is 7. The number of carbonyl (C=O) groups excluding carboxylic acids is 2. The molecule has 2 aromatic rings. The number of hydrogen-bond donors (Lipinski definition) is 2. The Hall–Kier alpha value is -3.40. The van der Waals surface area contributed by atoms with Crippen molar-refractivity contribution in [3.8, 4) is 5.75 Å². The van der Waals surface area contributed by atoms with Crippen molar-refractivity contribution >= 4 is 33.3 Å². The van der Waals surface area contributed by atoms with Crippen LogP contribution >= 0.6 is 0 Å². The Kier molecular flexibility index (Phi) is 6.06. The molecular weight excluding hydrogens is 410 g/mol. The normalized spacial score (nSPS) is 16.2. The number of nitrogens with zero attached hydrogens (tertiary/aromatic N) is 2. The van der Waals surface area contributed by atoms with Crippen LogP contribution in [-0.4, -0.2) is 42.4 Å². The van der Waals surface area contributed by atoms with Crippen LogP contribution in [0.5, 0.6) is 5.75 Å². The van der Waals surface area contributed by atoms with E-state index in [-0.39, 0.29) is 18.6 Å². The smallest absolute Gasteiger partial charge is 0.243 e. The van der Waals surface area contributed by atoms with Crippen LogP contribution in [-0.2, 0) is 19.6 Å². The number of aromatic hydroxyl groups is 1. The molecule has 0 saturated carbocycles. The van der Waals surface area contributed by atoms with Gasteiger partial charge in [0, 0.05) is 30.1 Å². The minimum absolute atomic E-state index is 0.0101. The number of rotatable bonds is 7. The second kappa shape index (κ2) is 8.54. The zero-order valence-electron chi connectivity index (χ0n) is 16.1. The van der Waals surface area contributed by atoms with Crippen molar-refractivity contribution in [1.82, 2.24) is 5.01 Å². The maximum absolute atomic E-state index is 12.6. The van der Waals surface area contributed by atoms with E-state index in [1.807, 2.05) is 0 Å². The van der Waals surface area contributed by atoms with E-state index in [0.717, 1.165) is 6.26 Å². The molecule has 3 rings (SSSR count). The van der Waals surface area contributed by atoms with Crippen LogP contribution in [0, 0.1) is 0 Å². The fourth-order valence-electron chi connectivity index (χ4n) is 3.23. The van der Waals surface area contributed by atoms with Gasteiger partial charge in [-0.25, -0.2) is 13.4 Å². The SMILES string of the molecule is CS(=O)(=O)Nc1cccc(C2=NN(C(=O)CCC(=O)[O-])[C@H](c3ccccc3O)C2)c1. The van der Waals surface area contributed by atoms with Crippen LogP contribution in [0.25, 0.3) is 0 Å². The van der Waals surface area contributed by atoms with E-state index in [1.54, 1.807) is 42.5 Å². The van der Waals surface area contributed by atoms with E-state index in [2.05, 4.69) is 9.82 Å². The van der Waals surface area contributed by atoms with Crippen LogP contribution < -0.4 is 9.83 Å². The highest BCUT2D eigenvalue weighted by Gasteiger charge is 2.34. The number of aliphatic carboxylic acids is 1. The summed E-state index contributed by atoms with van der Waals surface area (Å²) in [7, 11) is -3.47. The molecule has 0 radical (unpaired) electrons. The monoisotopic (exact) mass is 430 g/mol. The van der Waals surface area contributed by atoms with Gasteiger partial charge in [-0.2, -0.15) is 5.10 Å². The van der Waals surface area contributed by atoms with Gasteiger partial charge in [0.25, 0.3) is 0 Å². The zero-order chi connectivity index (χ0) is 21.9. The first kappa shape index (κ1) is 21.3. The Bertz CT molecular complexity index is 1110. The average molecular weight is 430 g/mol. The summed E-state index contributed by atoms with van der Waals surface area (Å²) in [5, 5.41) is 26.5. The molecule has 10 heteroatoms. The molecule has 9 nitrogen and oxygen atoms in total. The van der Waals surface area contributed by atoms with Crippen molar-refractivity contribution in [2.45, 2.75) is 25.3 Å². The van der Waals surface area contributed by atoms with Gasteiger partial charge in [-0.1, -0.05) is 30.3 Å². The van der Waals surface area contributed by atoms with Crippen molar-refractivity contribution in [2.75, 3.05) is 11.0 Å². The number of benzene rings is 2. The minimum Gasteiger partial charge on any atom is -0.550 e. The second-order valence-electron chi connectivity index (χ2n) is 6.89. The van der Waals surface area contributed by atoms with Crippen LogP contribution in [0.1, 0.15) is 36.4 Å². The van der Waals surface area contributed by atoms with Crippen molar-refractivity contribution in [1.29, 1.82) is 0 Å². The molecule has 0 aromatic heterocycles. The third-order valence-electron chi connectivity index (χ3n) is 4.50. The molecule has 0 fully saturated rings. The van der Waals surface area contributed by atoms with Crippen LogP contribution in [0.4, 0.5) is 5.69 Å². The third kappa shape index (κ3) is 5.15. The predicted octanol–water partition coefficient (Wildman–Crippen LogP) is 0.971. The lowest BCUT2D eigenvalue weighted by molar-refractivity contribution is -0.305. The van der Waals surface area contributed by atoms with E-state index in [1.165, 1.54) is 11.1 Å². The summed E-state index contributed by atoms with van der Waals surface area (Å²) >= 11 is 0. The number of nitrogens with one attached hydrogen (secondary N) is 1. The van der Waals surface area contributed by atoms with Crippen LogP contribution in [0.3, 0.4) is 0 Å². The summed E-state index contributed by atoms with van der Waals surface area (Å²) in [6.45, 7) is 0. The van der Waals surface area contributed by atoms with Gasteiger partial charge >= 0.3 is 0 Å². The molecule has 0 bridgehead atoms. The van der Waals surface area contributed by atoms with Gasteiger partial charge in [-0.15, -0.1) is 0 Å². The number of amides is 1. The summed E-state index contributed by atoms with van der Waals surface area (Å²) in [5.41, 5.74) is 1.92. The maximum Gasteiger partial charge on any atom is 0.243 e. The number of hydrazone groups is 1. The van der Waals surface area contributed by atoms with E-state index in [0.29, 0.717) is 22.5 Å². The first-order chi connectivity index (χ1) is 14.1. The Labute approximate surface area is 173 Å². The van der Waals surface area contributed by atoms with E-state index < -0.39 is 34.4 Å². The van der Waals surface area contributed by atoms with Crippen molar-refractivity contribution < 1.29 is 28.2 Å². The van der Waals surface area contributed by atoms with Gasteiger partial charge in [0.15, 0.2) is 0 Å². The molecule has 2 N–H and O–H groups in total. The largest absolute Gasteiger partial charge is 0.550 e. The standard InChI is InChI=1S/C20H21N3O6S/c1-30(28,29)22-14-6-4-5-13(11-14)16-12-17(15-7-2-3-8-18(15)24)23(21-16)19(25)9-10-20(26)27/h2-8,11,17,22,24H,9-10,12H2,1H3,(H,26,27)/p-1/t17-/m0/s1. The van der Waals surface area contributed by atoms with Gasteiger partial charge in [-0.05, 0) is 30.2 Å². The topological polar surface area (TPSA) is 139 Å². The number of anilines is 1. The van der Waals surface area contributed by atoms with Gasteiger partial charge < -0.3 is 15.0 Å². The summed E-state index contributed by atoms with van der Waals surface area (Å²) in [5.74, 6) is -1.87. The Morgan fingerprint density at radius 2 is 1.93 bits per heavy atom. The lowest BCUT2D eigenvalue weighted by Crippen LogP contribution is -2.29. The Morgan fingerprint density at radius 1 is 1.20 bits per heavy atom. The summed E-state index contributed by atoms with van der Waals surface area (Å²) < 4.78 is 25.4. The van der Waals surface area contributed by atoms with Gasteiger partial charge in [-0.3, -0.25) is 9.52 Å². The fraction of sp³-hybridized carbons (Fsp3) is 0.250. The quantitative estimate of drug-likeness (QED) is 0.671. The molecule has 0 unspecified atom stereocenters.